The lowest BCUT2D eigenvalue weighted by molar-refractivity contribution is -0.118. The predicted molar refractivity (Wildman–Crippen MR) is 158 cm³/mol. The van der Waals surface area contributed by atoms with E-state index in [1.165, 1.54) is 11.8 Å². The highest BCUT2D eigenvalue weighted by atomic mass is 35.5. The maximum absolute atomic E-state index is 12.6. The monoisotopic (exact) mass is 585 g/mol. The van der Waals surface area contributed by atoms with Crippen molar-refractivity contribution in [3.8, 4) is 11.5 Å². The summed E-state index contributed by atoms with van der Waals surface area (Å²) in [6.07, 6.45) is 2.71. The van der Waals surface area contributed by atoms with Gasteiger partial charge in [-0.05, 0) is 48.4 Å². The Balaban J connectivity index is 1.30. The maximum atomic E-state index is 12.6. The van der Waals surface area contributed by atoms with Crippen molar-refractivity contribution in [3.63, 3.8) is 0 Å². The minimum Gasteiger partial charge on any atom is -0.493 e. The van der Waals surface area contributed by atoms with Crippen LogP contribution >= 0.6 is 35.0 Å². The normalized spacial score (nSPS) is 10.9. The molecule has 0 radical (unpaired) electrons. The number of benzene rings is 3. The standard InChI is InChI=1S/C29H29Cl2N3O4S/c1-37-25-10-7-19(15-26(25)38-2)11-12-32-28(35)18-39-27-17-34(24-6-4-3-5-22(24)27)14-13-33-29(36)21-9-8-20(30)16-23(21)31/h3-10,15-17H,11-14,18H2,1-2H3,(H,32,35)(H,33,36). The Morgan fingerprint density at radius 2 is 1.72 bits per heavy atom. The van der Waals surface area contributed by atoms with Crippen LogP contribution in [-0.2, 0) is 17.8 Å². The molecule has 0 bridgehead atoms. The molecule has 4 rings (SSSR count). The fourth-order valence-electron chi connectivity index (χ4n) is 4.15. The Morgan fingerprint density at radius 1 is 0.923 bits per heavy atom. The van der Waals surface area contributed by atoms with Gasteiger partial charge >= 0.3 is 0 Å². The van der Waals surface area contributed by atoms with Crippen LogP contribution in [0, 0.1) is 0 Å². The van der Waals surface area contributed by atoms with Crippen LogP contribution in [0.25, 0.3) is 10.9 Å². The number of hydrogen-bond acceptors (Lipinski definition) is 5. The summed E-state index contributed by atoms with van der Waals surface area (Å²) in [4.78, 5) is 26.1. The van der Waals surface area contributed by atoms with Gasteiger partial charge < -0.3 is 24.7 Å². The molecule has 3 aromatic carbocycles. The minimum atomic E-state index is -0.257. The van der Waals surface area contributed by atoms with Crippen molar-refractivity contribution in [2.45, 2.75) is 17.9 Å². The summed E-state index contributed by atoms with van der Waals surface area (Å²) in [6, 6.07) is 18.6. The molecule has 1 heterocycles. The molecule has 0 aliphatic heterocycles. The average molecular weight is 587 g/mol. The van der Waals surface area contributed by atoms with Gasteiger partial charge in [-0.25, -0.2) is 0 Å². The molecule has 0 saturated heterocycles. The predicted octanol–water partition coefficient (Wildman–Crippen LogP) is 5.85. The molecule has 1 aromatic heterocycles. The molecule has 204 valence electrons. The first-order valence-electron chi connectivity index (χ1n) is 12.3. The third-order valence-corrected chi connectivity index (χ3v) is 7.70. The van der Waals surface area contributed by atoms with Gasteiger partial charge in [0.05, 0.1) is 30.6 Å². The number of hydrogen-bond donors (Lipinski definition) is 2. The van der Waals surface area contributed by atoms with Crippen LogP contribution in [0.1, 0.15) is 15.9 Å². The molecule has 4 aromatic rings. The molecule has 2 amide bonds. The second kappa shape index (κ2) is 13.6. The lowest BCUT2D eigenvalue weighted by Crippen LogP contribution is -2.27. The zero-order valence-electron chi connectivity index (χ0n) is 21.6. The van der Waals surface area contributed by atoms with E-state index in [2.05, 4.69) is 15.2 Å². The van der Waals surface area contributed by atoms with E-state index in [9.17, 15) is 9.59 Å². The molecular formula is C29H29Cl2N3O4S. The molecule has 0 atom stereocenters. The highest BCUT2D eigenvalue weighted by molar-refractivity contribution is 8.00. The average Bonchev–Trinajstić information content (AvgIpc) is 3.29. The van der Waals surface area contributed by atoms with Crippen molar-refractivity contribution in [1.82, 2.24) is 15.2 Å². The largest absolute Gasteiger partial charge is 0.493 e. The van der Waals surface area contributed by atoms with Gasteiger partial charge in [0, 0.05) is 46.7 Å². The summed E-state index contributed by atoms with van der Waals surface area (Å²) in [5.41, 5.74) is 2.47. The van der Waals surface area contributed by atoms with E-state index in [-0.39, 0.29) is 11.8 Å². The lowest BCUT2D eigenvalue weighted by Gasteiger charge is -2.10. The Morgan fingerprint density at radius 3 is 2.49 bits per heavy atom. The first-order valence-corrected chi connectivity index (χ1v) is 14.0. The fraction of sp³-hybridized carbons (Fsp3) is 0.241. The van der Waals surface area contributed by atoms with E-state index in [0.717, 1.165) is 21.4 Å². The van der Waals surface area contributed by atoms with Gasteiger partial charge in [0.2, 0.25) is 5.91 Å². The second-order valence-corrected chi connectivity index (χ2v) is 10.5. The SMILES string of the molecule is COc1ccc(CCNC(=O)CSc2cn(CCNC(=O)c3ccc(Cl)cc3Cl)c3ccccc23)cc1OC. The van der Waals surface area contributed by atoms with E-state index in [0.29, 0.717) is 58.9 Å². The van der Waals surface area contributed by atoms with Gasteiger partial charge in [-0.2, -0.15) is 0 Å². The number of halogens is 2. The zero-order valence-corrected chi connectivity index (χ0v) is 24.0. The molecule has 0 aliphatic carbocycles. The van der Waals surface area contributed by atoms with Crippen LogP contribution in [0.5, 0.6) is 11.5 Å². The number of para-hydroxylation sites is 1. The van der Waals surface area contributed by atoms with Crippen LogP contribution in [0.4, 0.5) is 0 Å². The Kier molecular flexibility index (Phi) is 10.0. The van der Waals surface area contributed by atoms with Crippen LogP contribution in [0.2, 0.25) is 10.0 Å². The molecule has 0 aliphatic rings. The van der Waals surface area contributed by atoms with E-state index < -0.39 is 0 Å². The van der Waals surface area contributed by atoms with E-state index in [1.54, 1.807) is 32.4 Å². The number of fused-ring (bicyclic) bond motifs is 1. The number of ether oxygens (including phenoxy) is 2. The molecule has 0 unspecified atom stereocenters. The third kappa shape index (κ3) is 7.41. The van der Waals surface area contributed by atoms with E-state index >= 15 is 0 Å². The second-order valence-electron chi connectivity index (χ2n) is 8.66. The first kappa shape index (κ1) is 28.7. The summed E-state index contributed by atoms with van der Waals surface area (Å²) in [5, 5.41) is 7.75. The van der Waals surface area contributed by atoms with Crippen molar-refractivity contribution in [1.29, 1.82) is 0 Å². The number of rotatable bonds is 12. The highest BCUT2D eigenvalue weighted by Gasteiger charge is 2.13. The molecule has 39 heavy (non-hydrogen) atoms. The van der Waals surface area contributed by atoms with Crippen molar-refractivity contribution in [3.05, 3.63) is 88.0 Å². The smallest absolute Gasteiger partial charge is 0.252 e. The van der Waals surface area contributed by atoms with Crippen LogP contribution in [0.3, 0.4) is 0 Å². The number of carbonyl (C=O) groups is 2. The van der Waals surface area contributed by atoms with Crippen LogP contribution < -0.4 is 20.1 Å². The quantitative estimate of drug-likeness (QED) is 0.204. The van der Waals surface area contributed by atoms with Gasteiger partial charge in [-0.15, -0.1) is 11.8 Å². The summed E-state index contributed by atoms with van der Waals surface area (Å²) in [6.45, 7) is 1.50. The number of amides is 2. The number of aromatic nitrogens is 1. The van der Waals surface area contributed by atoms with Gasteiger partial charge in [-0.3, -0.25) is 9.59 Å². The Bertz CT molecular complexity index is 1470. The Labute approximate surface area is 241 Å². The third-order valence-electron chi connectivity index (χ3n) is 6.11. The van der Waals surface area contributed by atoms with E-state index in [4.69, 9.17) is 32.7 Å². The number of nitrogens with one attached hydrogen (secondary N) is 2. The lowest BCUT2D eigenvalue weighted by atomic mass is 10.1. The molecule has 0 fully saturated rings. The molecule has 2 N–H and O–H groups in total. The van der Waals surface area contributed by atoms with E-state index in [1.807, 2.05) is 48.7 Å². The minimum absolute atomic E-state index is 0.0376. The molecule has 0 saturated carbocycles. The summed E-state index contributed by atoms with van der Waals surface area (Å²) >= 11 is 13.6. The number of thioether (sulfide) groups is 1. The van der Waals surface area contributed by atoms with Crippen molar-refractivity contribution < 1.29 is 19.1 Å². The van der Waals surface area contributed by atoms with Crippen LogP contribution in [-0.4, -0.2) is 49.4 Å². The van der Waals surface area contributed by atoms with Crippen molar-refractivity contribution in [2.75, 3.05) is 33.1 Å². The molecule has 10 heteroatoms. The molecular weight excluding hydrogens is 557 g/mol. The number of carbonyl (C=O) groups excluding carboxylic acids is 2. The number of methoxy groups -OCH3 is 2. The van der Waals surface area contributed by atoms with Gasteiger partial charge in [-0.1, -0.05) is 47.5 Å². The Hall–Kier alpha value is -3.33. The maximum Gasteiger partial charge on any atom is 0.252 e. The van der Waals surface area contributed by atoms with Crippen LogP contribution in [0.15, 0.2) is 71.8 Å². The summed E-state index contributed by atoms with van der Waals surface area (Å²) in [7, 11) is 3.20. The zero-order chi connectivity index (χ0) is 27.8. The van der Waals surface area contributed by atoms with Gasteiger partial charge in [0.25, 0.3) is 5.91 Å². The summed E-state index contributed by atoms with van der Waals surface area (Å²) < 4.78 is 12.7. The molecule has 0 spiro atoms. The van der Waals surface area contributed by atoms with Gasteiger partial charge in [0.15, 0.2) is 11.5 Å². The highest BCUT2D eigenvalue weighted by Crippen LogP contribution is 2.30. The first-order chi connectivity index (χ1) is 18.9. The van der Waals surface area contributed by atoms with Gasteiger partial charge in [0.1, 0.15) is 0 Å². The fourth-order valence-corrected chi connectivity index (χ4v) is 5.56. The number of nitrogens with zero attached hydrogens (tertiary/aromatic N) is 1. The topological polar surface area (TPSA) is 81.6 Å². The van der Waals surface area contributed by atoms with Crippen molar-refractivity contribution >= 4 is 57.7 Å². The molecule has 7 nitrogen and oxygen atoms in total. The van der Waals surface area contributed by atoms with Crippen molar-refractivity contribution in [2.24, 2.45) is 0 Å². The summed E-state index contributed by atoms with van der Waals surface area (Å²) in [5.74, 6) is 1.35.